The van der Waals surface area contributed by atoms with Crippen LogP contribution in [0, 0.1) is 0 Å². The molecule has 11 rings (SSSR count). The Hall–Kier alpha value is -7.37. The van der Waals surface area contributed by atoms with E-state index in [0.29, 0.717) is 5.82 Å². The zero-order chi connectivity index (χ0) is 35.6. The Kier molecular flexibility index (Phi) is 6.79. The second-order valence-electron chi connectivity index (χ2n) is 13.7. The first-order valence-electron chi connectivity index (χ1n) is 18.1. The van der Waals surface area contributed by atoms with Crippen LogP contribution in [0.5, 0.6) is 0 Å². The monoisotopic (exact) mass is 690 g/mol. The van der Waals surface area contributed by atoms with E-state index in [1.165, 1.54) is 0 Å². The molecule has 5 heteroatoms. The van der Waals surface area contributed by atoms with Crippen molar-refractivity contribution in [2.75, 3.05) is 0 Å². The van der Waals surface area contributed by atoms with Crippen molar-refractivity contribution in [3.63, 3.8) is 0 Å². The first-order chi connectivity index (χ1) is 26.7. The number of pyridine rings is 1. The minimum atomic E-state index is 0.692. The molecule has 0 bridgehead atoms. The van der Waals surface area contributed by atoms with E-state index in [1.807, 2.05) is 42.5 Å². The third-order valence-corrected chi connectivity index (χ3v) is 10.4. The summed E-state index contributed by atoms with van der Waals surface area (Å²) in [5.74, 6) is 0.692. The molecule has 0 N–H and O–H groups in total. The van der Waals surface area contributed by atoms with Crippen LogP contribution in [-0.2, 0) is 0 Å². The zero-order valence-corrected chi connectivity index (χ0v) is 29.0. The van der Waals surface area contributed by atoms with Crippen molar-refractivity contribution in [3.8, 4) is 56.2 Å². The molecular weight excluding hydrogens is 661 g/mol. The first kappa shape index (κ1) is 30.3. The minimum absolute atomic E-state index is 0.692. The number of hydrogen-bond donors (Lipinski definition) is 0. The Labute approximate surface area is 310 Å². The van der Waals surface area contributed by atoms with Crippen molar-refractivity contribution < 1.29 is 4.42 Å². The average molecular weight is 691 g/mol. The van der Waals surface area contributed by atoms with Crippen molar-refractivity contribution in [2.45, 2.75) is 0 Å². The summed E-state index contributed by atoms with van der Waals surface area (Å²) in [5.41, 5.74) is 13.9. The molecule has 0 spiro atoms. The highest BCUT2D eigenvalue weighted by molar-refractivity contribution is 6.22. The van der Waals surface area contributed by atoms with Gasteiger partial charge in [-0.15, -0.1) is 0 Å². The summed E-state index contributed by atoms with van der Waals surface area (Å²) in [6.07, 6.45) is 0. The predicted molar refractivity (Wildman–Crippen MR) is 220 cm³/mol. The lowest BCUT2D eigenvalue weighted by Crippen LogP contribution is -1.96. The van der Waals surface area contributed by atoms with Gasteiger partial charge in [0, 0.05) is 27.5 Å². The molecule has 0 unspecified atom stereocenters. The molecule has 0 atom stereocenters. The fraction of sp³-hybridized carbons (Fsp3) is 0. The molecule has 0 radical (unpaired) electrons. The van der Waals surface area contributed by atoms with Gasteiger partial charge in [0.2, 0.25) is 5.71 Å². The average Bonchev–Trinajstić information content (AvgIpc) is 3.83. The van der Waals surface area contributed by atoms with Gasteiger partial charge in [-0.05, 0) is 70.1 Å². The van der Waals surface area contributed by atoms with Crippen LogP contribution in [0.4, 0.5) is 0 Å². The van der Waals surface area contributed by atoms with Crippen molar-refractivity contribution in [3.05, 3.63) is 182 Å². The van der Waals surface area contributed by atoms with Crippen LogP contribution in [0.15, 0.2) is 186 Å². The van der Waals surface area contributed by atoms with Gasteiger partial charge < -0.3 is 4.42 Å². The lowest BCUT2D eigenvalue weighted by atomic mass is 9.96. The summed E-state index contributed by atoms with van der Waals surface area (Å²) in [7, 11) is 0. The molecular formula is C49H30N4O. The molecule has 0 fully saturated rings. The Bertz CT molecular complexity index is 3160. The molecule has 4 aromatic heterocycles. The highest BCUT2D eigenvalue weighted by Crippen LogP contribution is 2.40. The summed E-state index contributed by atoms with van der Waals surface area (Å²) in [4.78, 5) is 15.2. The van der Waals surface area contributed by atoms with Gasteiger partial charge >= 0.3 is 0 Å². The van der Waals surface area contributed by atoms with Gasteiger partial charge in [-0.3, -0.25) is 4.40 Å². The summed E-state index contributed by atoms with van der Waals surface area (Å²) in [6.45, 7) is 0. The van der Waals surface area contributed by atoms with Crippen molar-refractivity contribution >= 4 is 49.5 Å². The number of rotatable bonds is 5. The standard InChI is InChI=1S/C49H30N4O/c1-3-13-31(14-4-1)42-30-43(32-15-5-2-6-16-32)51-47(50-42)37-20-12-19-35(28-37)33-17-11-18-34(27-33)36-25-26-45-40(29-36)46-38-21-7-8-22-39(38)48-52-41-23-9-10-24-44(41)53(48)49(46)54-45/h1-30H. The molecule has 0 saturated heterocycles. The van der Waals surface area contributed by atoms with E-state index in [0.717, 1.165) is 99.9 Å². The van der Waals surface area contributed by atoms with Crippen LogP contribution in [-0.4, -0.2) is 19.4 Å². The fourth-order valence-corrected chi connectivity index (χ4v) is 7.80. The maximum atomic E-state index is 6.66. The van der Waals surface area contributed by atoms with Gasteiger partial charge in [0.1, 0.15) is 11.2 Å². The molecule has 0 amide bonds. The van der Waals surface area contributed by atoms with Gasteiger partial charge in [-0.25, -0.2) is 15.0 Å². The van der Waals surface area contributed by atoms with Crippen LogP contribution in [0.25, 0.3) is 106 Å². The number of imidazole rings is 1. The topological polar surface area (TPSA) is 56.2 Å². The maximum Gasteiger partial charge on any atom is 0.215 e. The molecule has 5 nitrogen and oxygen atoms in total. The van der Waals surface area contributed by atoms with Gasteiger partial charge in [0.05, 0.1) is 27.8 Å². The Morgan fingerprint density at radius 2 is 0.944 bits per heavy atom. The van der Waals surface area contributed by atoms with Crippen molar-refractivity contribution in [1.82, 2.24) is 19.4 Å². The SMILES string of the molecule is c1ccc(-c2cc(-c3ccccc3)nc(-c3cccc(-c4cccc(-c5ccc6oc7c(c6c5)c5ccccc5c5nc6ccccc6n57)c4)c3)n2)cc1. The van der Waals surface area contributed by atoms with Gasteiger partial charge in [0.15, 0.2) is 5.82 Å². The molecule has 0 aliphatic heterocycles. The second-order valence-corrected chi connectivity index (χ2v) is 13.7. The number of benzene rings is 7. The number of hydrogen-bond acceptors (Lipinski definition) is 4. The van der Waals surface area contributed by atoms with E-state index in [9.17, 15) is 0 Å². The summed E-state index contributed by atoms with van der Waals surface area (Å²) in [5, 5.41) is 4.40. The molecule has 252 valence electrons. The molecule has 7 aromatic carbocycles. The lowest BCUT2D eigenvalue weighted by molar-refractivity contribution is 0.650. The van der Waals surface area contributed by atoms with Crippen LogP contribution < -0.4 is 0 Å². The highest BCUT2D eigenvalue weighted by atomic mass is 16.3. The third-order valence-electron chi connectivity index (χ3n) is 10.4. The van der Waals surface area contributed by atoms with E-state index in [1.54, 1.807) is 0 Å². The molecule has 11 aromatic rings. The van der Waals surface area contributed by atoms with Crippen LogP contribution in [0.1, 0.15) is 0 Å². The number of furan rings is 1. The van der Waals surface area contributed by atoms with Gasteiger partial charge in [-0.2, -0.15) is 0 Å². The van der Waals surface area contributed by atoms with E-state index < -0.39 is 0 Å². The number of fused-ring (bicyclic) bond motifs is 10. The molecule has 4 heterocycles. The molecule has 0 saturated carbocycles. The quantitative estimate of drug-likeness (QED) is 0.180. The van der Waals surface area contributed by atoms with E-state index in [-0.39, 0.29) is 0 Å². The lowest BCUT2D eigenvalue weighted by Gasteiger charge is -2.11. The van der Waals surface area contributed by atoms with Gasteiger partial charge in [-0.1, -0.05) is 140 Å². The highest BCUT2D eigenvalue weighted by Gasteiger charge is 2.20. The molecule has 0 aliphatic carbocycles. The summed E-state index contributed by atoms with van der Waals surface area (Å²) >= 11 is 0. The summed E-state index contributed by atoms with van der Waals surface area (Å²) < 4.78 is 8.83. The Balaban J connectivity index is 1.03. The largest absolute Gasteiger partial charge is 0.439 e. The van der Waals surface area contributed by atoms with E-state index >= 15 is 0 Å². The van der Waals surface area contributed by atoms with E-state index in [2.05, 4.69) is 144 Å². The van der Waals surface area contributed by atoms with E-state index in [4.69, 9.17) is 19.4 Å². The van der Waals surface area contributed by atoms with Gasteiger partial charge in [0.25, 0.3) is 0 Å². The smallest absolute Gasteiger partial charge is 0.215 e. The third kappa shape index (κ3) is 4.90. The minimum Gasteiger partial charge on any atom is -0.439 e. The normalized spacial score (nSPS) is 11.7. The zero-order valence-electron chi connectivity index (χ0n) is 29.0. The molecule has 0 aliphatic rings. The van der Waals surface area contributed by atoms with Crippen molar-refractivity contribution in [1.29, 1.82) is 0 Å². The van der Waals surface area contributed by atoms with Crippen LogP contribution in [0.2, 0.25) is 0 Å². The Morgan fingerprint density at radius 1 is 0.389 bits per heavy atom. The maximum absolute atomic E-state index is 6.66. The van der Waals surface area contributed by atoms with Crippen LogP contribution in [0.3, 0.4) is 0 Å². The predicted octanol–water partition coefficient (Wildman–Crippen LogP) is 12.7. The second kappa shape index (κ2) is 12.1. The first-order valence-corrected chi connectivity index (χ1v) is 18.1. The van der Waals surface area contributed by atoms with Crippen molar-refractivity contribution in [2.24, 2.45) is 0 Å². The number of para-hydroxylation sites is 2. The van der Waals surface area contributed by atoms with Crippen LogP contribution >= 0.6 is 0 Å². The summed E-state index contributed by atoms with van der Waals surface area (Å²) in [6, 6.07) is 63.2. The fourth-order valence-electron chi connectivity index (χ4n) is 7.80. The Morgan fingerprint density at radius 3 is 1.65 bits per heavy atom. The number of nitrogens with zero attached hydrogens (tertiary/aromatic N) is 4. The molecule has 54 heavy (non-hydrogen) atoms. The number of aromatic nitrogens is 4.